The van der Waals surface area contributed by atoms with Gasteiger partial charge < -0.3 is 20.1 Å². The van der Waals surface area contributed by atoms with E-state index in [4.69, 9.17) is 9.47 Å². The fourth-order valence-corrected chi connectivity index (χ4v) is 10.5. The van der Waals surface area contributed by atoms with Crippen LogP contribution in [0.3, 0.4) is 0 Å². The summed E-state index contributed by atoms with van der Waals surface area (Å²) >= 11 is 0. The third-order valence-electron chi connectivity index (χ3n) is 15.0. The molecule has 384 valence electrons. The Morgan fingerprint density at radius 1 is 0.425 bits per heavy atom. The average molecular weight is 981 g/mol. The number of hydrogen-bond donors (Lipinski definition) is 4. The molecule has 2 saturated heterocycles. The Balaban J connectivity index is 0.818. The predicted octanol–water partition coefficient (Wildman–Crippen LogP) is 14.7. The van der Waals surface area contributed by atoms with Crippen molar-refractivity contribution in [1.29, 1.82) is 0 Å². The molecule has 8 rings (SSSR count). The molecule has 0 spiro atoms. The van der Waals surface area contributed by atoms with Crippen molar-refractivity contribution in [1.82, 2.24) is 10.6 Å². The summed E-state index contributed by atoms with van der Waals surface area (Å²) < 4.78 is 12.0. The number of nitrogens with one attached hydrogen (secondary N) is 4. The SMILES string of the molecule is CC(C)(C)c1ccc(C(c2ccc(C(C)(C)C)cc2)C2C[C@@H](OC(=O)Nc3ccc(Cc4ccc(NC(=O)O[C@H]5CN[C@@H](C(c6ccc(C(C)(C)C)cc6)c6ccc(C(C)(C)C)cc6)C5)cc4)cc3)CN2)cc1. The van der Waals surface area contributed by atoms with Crippen LogP contribution in [0, 0.1) is 0 Å². The standard InChI is InChI=1S/C65H80N4O4/c1-62(2,3)48-25-17-44(18-26-48)58(45-19-27-49(28-20-45)63(4,5)6)56-38-54(40-66-56)72-60(70)68-52-33-13-42(14-34-52)37-43-15-35-53(36-16-43)69-61(71)73-55-39-57(67-41-55)59(46-21-29-50(30-22-46)64(7,8)9)47-23-31-51(32-24-47)65(10,11)12/h13-36,54-59,66-67H,37-41H2,1-12H3,(H,68,70)(H,69,71)/t54-,55-,56-,57?/m1/s1. The third-order valence-corrected chi connectivity index (χ3v) is 15.0. The molecule has 0 bridgehead atoms. The molecule has 8 nitrogen and oxygen atoms in total. The molecule has 1 unspecified atom stereocenters. The van der Waals surface area contributed by atoms with Crippen molar-refractivity contribution in [2.45, 2.75) is 160 Å². The van der Waals surface area contributed by atoms with Gasteiger partial charge in [-0.15, -0.1) is 0 Å². The molecule has 8 heteroatoms. The van der Waals surface area contributed by atoms with E-state index >= 15 is 0 Å². The Kier molecular flexibility index (Phi) is 15.8. The Bertz CT molecular complexity index is 2460. The van der Waals surface area contributed by atoms with E-state index in [0.717, 1.165) is 11.1 Å². The lowest BCUT2D eigenvalue weighted by Crippen LogP contribution is -2.30. The zero-order chi connectivity index (χ0) is 52.3. The van der Waals surface area contributed by atoms with E-state index in [1.165, 1.54) is 44.5 Å². The van der Waals surface area contributed by atoms with Gasteiger partial charge in [-0.2, -0.15) is 0 Å². The molecule has 0 aromatic heterocycles. The number of hydrogen-bond acceptors (Lipinski definition) is 6. The molecule has 2 amide bonds. The van der Waals surface area contributed by atoms with Crippen LogP contribution in [0.5, 0.6) is 0 Å². The Hall–Kier alpha value is -6.22. The molecule has 2 aliphatic heterocycles. The fraction of sp³-hybridized carbons (Fsp3) is 0.415. The van der Waals surface area contributed by atoms with E-state index in [-0.39, 0.29) is 57.8 Å². The number of carbonyl (C=O) groups is 2. The number of anilines is 2. The van der Waals surface area contributed by atoms with Crippen LogP contribution in [0.2, 0.25) is 0 Å². The molecular formula is C65H80N4O4. The largest absolute Gasteiger partial charge is 0.445 e. The van der Waals surface area contributed by atoms with Crippen molar-refractivity contribution in [2.24, 2.45) is 0 Å². The topological polar surface area (TPSA) is 101 Å². The van der Waals surface area contributed by atoms with Crippen molar-refractivity contribution in [2.75, 3.05) is 23.7 Å². The third kappa shape index (κ3) is 13.7. The van der Waals surface area contributed by atoms with Crippen molar-refractivity contribution < 1.29 is 19.1 Å². The van der Waals surface area contributed by atoms with Crippen LogP contribution in [0.25, 0.3) is 0 Å². The lowest BCUT2D eigenvalue weighted by atomic mass is 9.80. The summed E-state index contributed by atoms with van der Waals surface area (Å²) in [4.78, 5) is 26.5. The highest BCUT2D eigenvalue weighted by molar-refractivity contribution is 5.85. The van der Waals surface area contributed by atoms with Gasteiger partial charge in [-0.25, -0.2) is 9.59 Å². The van der Waals surface area contributed by atoms with E-state index in [1.54, 1.807) is 0 Å². The maximum atomic E-state index is 13.2. The normalized spacial score (nSPS) is 18.5. The van der Waals surface area contributed by atoms with Gasteiger partial charge in [0.25, 0.3) is 0 Å². The predicted molar refractivity (Wildman–Crippen MR) is 301 cm³/mol. The summed E-state index contributed by atoms with van der Waals surface area (Å²) in [5, 5.41) is 13.3. The monoisotopic (exact) mass is 981 g/mol. The lowest BCUT2D eigenvalue weighted by Gasteiger charge is -2.27. The quantitative estimate of drug-likeness (QED) is 0.0975. The van der Waals surface area contributed by atoms with Crippen molar-refractivity contribution in [3.8, 4) is 0 Å². The van der Waals surface area contributed by atoms with Crippen molar-refractivity contribution in [3.63, 3.8) is 0 Å². The molecule has 4 atom stereocenters. The van der Waals surface area contributed by atoms with Crippen LogP contribution in [0.4, 0.5) is 21.0 Å². The fourth-order valence-electron chi connectivity index (χ4n) is 10.5. The summed E-state index contributed by atoms with van der Waals surface area (Å²) in [6.07, 6.45) is 0.661. The highest BCUT2D eigenvalue weighted by Gasteiger charge is 2.36. The molecule has 4 N–H and O–H groups in total. The van der Waals surface area contributed by atoms with Crippen LogP contribution in [-0.4, -0.2) is 49.6 Å². The molecule has 2 fully saturated rings. The molecule has 6 aromatic rings. The van der Waals surface area contributed by atoms with Gasteiger partial charge in [-0.3, -0.25) is 10.6 Å². The number of benzene rings is 6. The Morgan fingerprint density at radius 2 is 0.685 bits per heavy atom. The smallest absolute Gasteiger partial charge is 0.411 e. The second-order valence-corrected chi connectivity index (χ2v) is 24.8. The van der Waals surface area contributed by atoms with Crippen LogP contribution >= 0.6 is 0 Å². The molecule has 0 saturated carbocycles. The summed E-state index contributed by atoms with van der Waals surface area (Å²) in [6.45, 7) is 28.1. The first-order valence-corrected chi connectivity index (χ1v) is 26.5. The van der Waals surface area contributed by atoms with E-state index in [9.17, 15) is 9.59 Å². The molecule has 2 aliphatic rings. The van der Waals surface area contributed by atoms with Gasteiger partial charge >= 0.3 is 12.2 Å². The minimum Gasteiger partial charge on any atom is -0.445 e. The Morgan fingerprint density at radius 3 is 0.932 bits per heavy atom. The van der Waals surface area contributed by atoms with Gasteiger partial charge in [0.05, 0.1) is 0 Å². The highest BCUT2D eigenvalue weighted by Crippen LogP contribution is 2.38. The number of rotatable bonds is 12. The van der Waals surface area contributed by atoms with E-state index < -0.39 is 12.2 Å². The zero-order valence-electron chi connectivity index (χ0n) is 45.5. The van der Waals surface area contributed by atoms with Gasteiger partial charge in [0.1, 0.15) is 12.2 Å². The summed E-state index contributed by atoms with van der Waals surface area (Å²) in [6, 6.07) is 52.0. The first-order chi connectivity index (χ1) is 34.5. The van der Waals surface area contributed by atoms with E-state index in [0.29, 0.717) is 43.7 Å². The van der Waals surface area contributed by atoms with Gasteiger partial charge in [-0.1, -0.05) is 204 Å². The first kappa shape index (κ1) is 53.1. The minimum atomic E-state index is -0.459. The van der Waals surface area contributed by atoms with Crippen LogP contribution in [-0.2, 0) is 37.6 Å². The molecule has 2 heterocycles. The van der Waals surface area contributed by atoms with Crippen LogP contribution in [0.1, 0.15) is 163 Å². The molecule has 0 radical (unpaired) electrons. The zero-order valence-corrected chi connectivity index (χ0v) is 45.5. The average Bonchev–Trinajstić information content (AvgIpc) is 3.99. The lowest BCUT2D eigenvalue weighted by molar-refractivity contribution is 0.118. The van der Waals surface area contributed by atoms with Crippen molar-refractivity contribution in [3.05, 3.63) is 201 Å². The summed E-state index contributed by atoms with van der Waals surface area (Å²) in [7, 11) is 0. The Labute approximate surface area is 436 Å². The van der Waals surface area contributed by atoms with Gasteiger partial charge in [0, 0.05) is 61.2 Å². The van der Waals surface area contributed by atoms with Gasteiger partial charge in [0.2, 0.25) is 0 Å². The first-order valence-electron chi connectivity index (χ1n) is 26.5. The maximum absolute atomic E-state index is 13.2. The van der Waals surface area contributed by atoms with Crippen LogP contribution < -0.4 is 21.3 Å². The molecule has 6 aromatic carbocycles. The van der Waals surface area contributed by atoms with E-state index in [1.807, 2.05) is 48.5 Å². The number of ether oxygens (including phenoxy) is 2. The van der Waals surface area contributed by atoms with Crippen LogP contribution in [0.15, 0.2) is 146 Å². The molecule has 73 heavy (non-hydrogen) atoms. The van der Waals surface area contributed by atoms with E-state index in [2.05, 4.69) is 201 Å². The van der Waals surface area contributed by atoms with Crippen molar-refractivity contribution >= 4 is 23.6 Å². The second kappa shape index (κ2) is 21.7. The minimum absolute atomic E-state index is 0.0682. The summed E-state index contributed by atoms with van der Waals surface area (Å²) in [5.41, 5.74) is 14.0. The van der Waals surface area contributed by atoms with Gasteiger partial charge in [0.15, 0.2) is 0 Å². The second-order valence-electron chi connectivity index (χ2n) is 24.8. The number of amides is 2. The molecule has 0 aliphatic carbocycles. The van der Waals surface area contributed by atoms with Gasteiger partial charge in [-0.05, 0) is 108 Å². The summed E-state index contributed by atoms with van der Waals surface area (Å²) in [5.74, 6) is 0.213. The number of carbonyl (C=O) groups excluding carboxylic acids is 2. The highest BCUT2D eigenvalue weighted by atomic mass is 16.6. The maximum Gasteiger partial charge on any atom is 0.411 e. The molecular weight excluding hydrogens is 901 g/mol.